The van der Waals surface area contributed by atoms with Crippen molar-refractivity contribution in [1.82, 2.24) is 0 Å². The van der Waals surface area contributed by atoms with Gasteiger partial charge in [0.15, 0.2) is 0 Å². The van der Waals surface area contributed by atoms with E-state index in [9.17, 15) is 9.00 Å². The third kappa shape index (κ3) is 16.6. The summed E-state index contributed by atoms with van der Waals surface area (Å²) in [6.07, 6.45) is 9.67. The third-order valence-electron chi connectivity index (χ3n) is 2.37. The van der Waals surface area contributed by atoms with Gasteiger partial charge >= 0.3 is 35.5 Å². The van der Waals surface area contributed by atoms with Gasteiger partial charge in [-0.1, -0.05) is 51.9 Å². The van der Waals surface area contributed by atoms with Crippen molar-refractivity contribution in [3.8, 4) is 0 Å². The molecule has 0 saturated heterocycles. The first-order valence-corrected chi connectivity index (χ1v) is 7.48. The molecule has 1 unspecified atom stereocenters. The van der Waals surface area contributed by atoms with Gasteiger partial charge in [0.2, 0.25) is 11.1 Å². The molecule has 0 rings (SSSR count). The van der Waals surface area contributed by atoms with Crippen molar-refractivity contribution in [3.63, 3.8) is 0 Å². The molecule has 0 N–H and O–H groups in total. The summed E-state index contributed by atoms with van der Waals surface area (Å²) in [4.78, 5) is 10.5. The normalized spacial score (nSPS) is 11.6. The standard InChI is InChI=1S/C12H24O3S.Na.H/c1-3-4-5-6-7-8-9-10-11-16(14)15-12(2)13;;/h3-11H2,1-2H3;;/q;+1;-1. The largest absolute Gasteiger partial charge is 1.00 e. The zero-order valence-electron chi connectivity index (χ0n) is 12.5. The second-order valence-corrected chi connectivity index (χ2v) is 5.24. The smallest absolute Gasteiger partial charge is 1.00 e. The summed E-state index contributed by atoms with van der Waals surface area (Å²) in [7, 11) is 0. The van der Waals surface area contributed by atoms with Gasteiger partial charge in [0.25, 0.3) is 0 Å². The molecule has 98 valence electrons. The molecule has 0 aliphatic heterocycles. The van der Waals surface area contributed by atoms with Crippen LogP contribution in [0.3, 0.4) is 0 Å². The first kappa shape index (κ1) is 19.9. The maximum absolute atomic E-state index is 11.1. The molecule has 0 saturated carbocycles. The number of hydrogen-bond acceptors (Lipinski definition) is 3. The van der Waals surface area contributed by atoms with E-state index in [1.807, 2.05) is 0 Å². The number of hydrogen-bond donors (Lipinski definition) is 0. The molecule has 0 aromatic rings. The van der Waals surface area contributed by atoms with Gasteiger partial charge in [0, 0.05) is 6.92 Å². The number of rotatable bonds is 10. The van der Waals surface area contributed by atoms with Gasteiger partial charge in [-0.25, -0.2) is 4.21 Å². The molecule has 1 atom stereocenters. The van der Waals surface area contributed by atoms with E-state index in [1.165, 1.54) is 45.4 Å². The van der Waals surface area contributed by atoms with E-state index >= 15 is 0 Å². The van der Waals surface area contributed by atoms with Crippen molar-refractivity contribution < 1.29 is 44.2 Å². The van der Waals surface area contributed by atoms with Gasteiger partial charge in [0.05, 0.1) is 5.75 Å². The Morgan fingerprint density at radius 2 is 1.53 bits per heavy atom. The molecule has 0 aromatic heterocycles. The van der Waals surface area contributed by atoms with E-state index in [0.717, 1.165) is 12.8 Å². The fraction of sp³-hybridized carbons (Fsp3) is 0.917. The second-order valence-electron chi connectivity index (χ2n) is 4.06. The molecule has 0 bridgehead atoms. The van der Waals surface area contributed by atoms with Crippen LogP contribution >= 0.6 is 0 Å². The topological polar surface area (TPSA) is 43.4 Å². The Kier molecular flexibility index (Phi) is 17.2. The van der Waals surface area contributed by atoms with E-state index in [2.05, 4.69) is 11.1 Å². The van der Waals surface area contributed by atoms with Gasteiger partial charge in [-0.3, -0.25) is 4.79 Å². The van der Waals surface area contributed by atoms with Crippen LogP contribution < -0.4 is 29.6 Å². The van der Waals surface area contributed by atoms with Crippen LogP contribution in [0.4, 0.5) is 0 Å². The minimum Gasteiger partial charge on any atom is -1.00 e. The summed E-state index contributed by atoms with van der Waals surface area (Å²) in [5, 5.41) is 0. The van der Waals surface area contributed by atoms with Gasteiger partial charge in [-0.15, -0.1) is 0 Å². The summed E-state index contributed by atoms with van der Waals surface area (Å²) < 4.78 is 15.6. The number of unbranched alkanes of at least 4 members (excludes halogenated alkanes) is 7. The van der Waals surface area contributed by atoms with E-state index < -0.39 is 17.0 Å². The Hall–Kier alpha value is 0.620. The molecule has 0 fully saturated rings. The van der Waals surface area contributed by atoms with E-state index in [0.29, 0.717) is 5.75 Å². The number of carbonyl (C=O) groups is 1. The minimum atomic E-state index is -1.41. The monoisotopic (exact) mass is 272 g/mol. The van der Waals surface area contributed by atoms with E-state index in [4.69, 9.17) is 0 Å². The summed E-state index contributed by atoms with van der Waals surface area (Å²) >= 11 is -1.41. The minimum absolute atomic E-state index is 0. The van der Waals surface area contributed by atoms with Crippen molar-refractivity contribution in [1.29, 1.82) is 0 Å². The van der Waals surface area contributed by atoms with Gasteiger partial charge < -0.3 is 5.61 Å². The molecule has 3 nitrogen and oxygen atoms in total. The predicted octanol–water partition coefficient (Wildman–Crippen LogP) is 0.470. The summed E-state index contributed by atoms with van der Waals surface area (Å²) in [6, 6.07) is 0. The number of carbonyl (C=O) groups excluding carboxylic acids is 1. The van der Waals surface area contributed by atoms with Crippen molar-refractivity contribution >= 4 is 17.0 Å². The first-order valence-electron chi connectivity index (χ1n) is 6.24. The van der Waals surface area contributed by atoms with Crippen LogP contribution in [0.1, 0.15) is 66.6 Å². The van der Waals surface area contributed by atoms with Crippen LogP contribution in [-0.4, -0.2) is 15.9 Å². The Bertz CT molecular complexity index is 215. The fourth-order valence-corrected chi connectivity index (χ4v) is 2.31. The summed E-state index contributed by atoms with van der Waals surface area (Å²) in [5.74, 6) is 0.0204. The quantitative estimate of drug-likeness (QED) is 0.429. The molecule has 0 amide bonds. The van der Waals surface area contributed by atoms with Crippen molar-refractivity contribution in [2.45, 2.75) is 65.2 Å². The third-order valence-corrected chi connectivity index (χ3v) is 3.42. The molecular formula is C12H25NaO3S. The van der Waals surface area contributed by atoms with Crippen molar-refractivity contribution in [2.24, 2.45) is 0 Å². The van der Waals surface area contributed by atoms with Gasteiger partial charge in [-0.2, -0.15) is 0 Å². The van der Waals surface area contributed by atoms with Gasteiger partial charge in [-0.05, 0) is 6.42 Å². The maximum atomic E-state index is 11.1. The Morgan fingerprint density at radius 1 is 1.06 bits per heavy atom. The summed E-state index contributed by atoms with van der Waals surface area (Å²) in [5.41, 5.74) is 0. The van der Waals surface area contributed by atoms with Crippen molar-refractivity contribution in [2.75, 3.05) is 5.75 Å². The van der Waals surface area contributed by atoms with Crippen LogP contribution in [0.15, 0.2) is 0 Å². The maximum Gasteiger partial charge on any atom is 1.00 e. The average Bonchev–Trinajstić information content (AvgIpc) is 2.21. The zero-order chi connectivity index (χ0) is 12.2. The van der Waals surface area contributed by atoms with E-state index in [-0.39, 0.29) is 31.0 Å². The molecule has 17 heavy (non-hydrogen) atoms. The van der Waals surface area contributed by atoms with Crippen LogP contribution in [0.2, 0.25) is 0 Å². The van der Waals surface area contributed by atoms with Gasteiger partial charge in [0.1, 0.15) is 0 Å². The average molecular weight is 272 g/mol. The predicted molar refractivity (Wildman–Crippen MR) is 68.5 cm³/mol. The van der Waals surface area contributed by atoms with Crippen LogP contribution in [0, 0.1) is 0 Å². The van der Waals surface area contributed by atoms with Crippen LogP contribution in [0.25, 0.3) is 0 Å². The van der Waals surface area contributed by atoms with E-state index in [1.54, 1.807) is 0 Å². The molecule has 0 spiro atoms. The first-order chi connectivity index (χ1) is 7.66. The van der Waals surface area contributed by atoms with Crippen LogP contribution in [-0.2, 0) is 20.1 Å². The SMILES string of the molecule is CCCCCCCCCCS(=O)OC(C)=O.[H-].[Na+]. The molecule has 0 aliphatic carbocycles. The molecule has 5 heteroatoms. The molecule has 0 radical (unpaired) electrons. The summed E-state index contributed by atoms with van der Waals surface area (Å²) in [6.45, 7) is 3.50. The van der Waals surface area contributed by atoms with Crippen LogP contribution in [0.5, 0.6) is 0 Å². The van der Waals surface area contributed by atoms with Crippen molar-refractivity contribution in [3.05, 3.63) is 0 Å². The second kappa shape index (κ2) is 14.7. The Morgan fingerprint density at radius 3 is 2.00 bits per heavy atom. The zero-order valence-corrected chi connectivity index (χ0v) is 14.3. The molecule has 0 aliphatic rings. The molecule has 0 aromatic carbocycles. The fourth-order valence-electron chi connectivity index (χ4n) is 1.53. The Labute approximate surface area is 132 Å². The Balaban J connectivity index is -0.00000112. The molecule has 0 heterocycles. The molecular weight excluding hydrogens is 247 g/mol.